The summed E-state index contributed by atoms with van der Waals surface area (Å²) in [6.45, 7) is 9.42. The van der Waals surface area contributed by atoms with Crippen LogP contribution < -0.4 is 5.73 Å². The first-order chi connectivity index (χ1) is 8.13. The minimum atomic E-state index is 0.430. The molecule has 100 valence electrons. The van der Waals surface area contributed by atoms with E-state index in [-0.39, 0.29) is 0 Å². The van der Waals surface area contributed by atoms with E-state index >= 15 is 0 Å². The van der Waals surface area contributed by atoms with Crippen molar-refractivity contribution in [2.75, 3.05) is 31.9 Å². The number of hydrogen-bond acceptors (Lipinski definition) is 3. The average molecular weight is 256 g/mol. The van der Waals surface area contributed by atoms with Gasteiger partial charge >= 0.3 is 0 Å². The van der Waals surface area contributed by atoms with Gasteiger partial charge in [0.15, 0.2) is 0 Å². The van der Waals surface area contributed by atoms with Gasteiger partial charge in [-0.2, -0.15) is 11.8 Å². The van der Waals surface area contributed by atoms with E-state index in [0.29, 0.717) is 5.41 Å². The molecule has 0 aromatic heterocycles. The Morgan fingerprint density at radius 3 is 2.88 bits per heavy atom. The topological polar surface area (TPSA) is 29.3 Å². The predicted molar refractivity (Wildman–Crippen MR) is 77.5 cm³/mol. The zero-order chi connectivity index (χ0) is 12.3. The first-order valence-electron chi connectivity index (χ1n) is 7.17. The van der Waals surface area contributed by atoms with E-state index in [4.69, 9.17) is 5.73 Å². The van der Waals surface area contributed by atoms with Gasteiger partial charge in [-0.1, -0.05) is 26.7 Å². The third-order valence-corrected chi connectivity index (χ3v) is 5.64. The first-order valence-corrected chi connectivity index (χ1v) is 8.22. The molecule has 0 aromatic rings. The van der Waals surface area contributed by atoms with Crippen LogP contribution in [0.4, 0.5) is 0 Å². The van der Waals surface area contributed by atoms with Crippen LogP contribution in [0.3, 0.4) is 0 Å². The lowest BCUT2D eigenvalue weighted by Gasteiger charge is -2.44. The molecule has 2 N–H and O–H groups in total. The second kappa shape index (κ2) is 5.94. The van der Waals surface area contributed by atoms with Crippen LogP contribution in [0.1, 0.15) is 39.5 Å². The maximum absolute atomic E-state index is 6.12. The number of nitrogens with two attached hydrogens (primary N) is 1. The highest BCUT2D eigenvalue weighted by Crippen LogP contribution is 2.39. The Morgan fingerprint density at radius 2 is 2.24 bits per heavy atom. The van der Waals surface area contributed by atoms with Crippen LogP contribution in [-0.4, -0.2) is 42.1 Å². The second-order valence-corrected chi connectivity index (χ2v) is 7.87. The predicted octanol–water partition coefficient (Wildman–Crippen LogP) is 2.58. The standard InChI is InChI=1S/C14H28N2S/c1-12-4-3-5-14(8-12,10-15)11-16-6-7-17-13(2)9-16/h12-13H,3-11,15H2,1-2H3. The SMILES string of the molecule is CC1CCCC(CN)(CN2CCSC(C)C2)C1. The molecule has 2 nitrogen and oxygen atoms in total. The van der Waals surface area contributed by atoms with Crippen LogP contribution in [-0.2, 0) is 0 Å². The fourth-order valence-corrected chi connectivity index (χ4v) is 4.75. The van der Waals surface area contributed by atoms with Gasteiger partial charge in [-0.3, -0.25) is 0 Å². The molecule has 1 saturated heterocycles. The average Bonchev–Trinajstić information content (AvgIpc) is 2.29. The van der Waals surface area contributed by atoms with Gasteiger partial charge in [0.05, 0.1) is 0 Å². The van der Waals surface area contributed by atoms with Gasteiger partial charge in [0.25, 0.3) is 0 Å². The van der Waals surface area contributed by atoms with Crippen LogP contribution in [0, 0.1) is 11.3 Å². The third-order valence-electron chi connectivity index (χ3n) is 4.50. The van der Waals surface area contributed by atoms with Gasteiger partial charge in [0, 0.05) is 30.6 Å². The largest absolute Gasteiger partial charge is 0.330 e. The Kier molecular flexibility index (Phi) is 4.79. The lowest BCUT2D eigenvalue weighted by Crippen LogP contribution is -2.48. The fourth-order valence-electron chi connectivity index (χ4n) is 3.67. The number of rotatable bonds is 3. The highest BCUT2D eigenvalue weighted by atomic mass is 32.2. The molecule has 3 unspecified atom stereocenters. The van der Waals surface area contributed by atoms with Crippen molar-refractivity contribution in [3.8, 4) is 0 Å². The highest BCUT2D eigenvalue weighted by molar-refractivity contribution is 7.99. The molecule has 17 heavy (non-hydrogen) atoms. The molecule has 3 atom stereocenters. The summed E-state index contributed by atoms with van der Waals surface area (Å²) in [5.74, 6) is 2.18. The van der Waals surface area contributed by atoms with Crippen LogP contribution >= 0.6 is 11.8 Å². The van der Waals surface area contributed by atoms with Crippen LogP contribution in [0.15, 0.2) is 0 Å². The molecular formula is C14H28N2S. The van der Waals surface area contributed by atoms with E-state index in [9.17, 15) is 0 Å². The fraction of sp³-hybridized carbons (Fsp3) is 1.00. The lowest BCUT2D eigenvalue weighted by molar-refractivity contribution is 0.0906. The van der Waals surface area contributed by atoms with E-state index in [1.807, 2.05) is 0 Å². The van der Waals surface area contributed by atoms with Crippen molar-refractivity contribution in [1.29, 1.82) is 0 Å². The molecule has 0 spiro atoms. The number of hydrogen-bond donors (Lipinski definition) is 1. The molecule has 1 aliphatic carbocycles. The molecule has 1 aliphatic heterocycles. The summed E-state index contributed by atoms with van der Waals surface area (Å²) in [5, 5.41) is 0.805. The summed E-state index contributed by atoms with van der Waals surface area (Å²) >= 11 is 2.12. The summed E-state index contributed by atoms with van der Waals surface area (Å²) in [6, 6.07) is 0. The van der Waals surface area contributed by atoms with Gasteiger partial charge in [-0.15, -0.1) is 0 Å². The van der Waals surface area contributed by atoms with Crippen molar-refractivity contribution in [3.63, 3.8) is 0 Å². The monoisotopic (exact) mass is 256 g/mol. The molecule has 2 fully saturated rings. The molecule has 0 amide bonds. The highest BCUT2D eigenvalue weighted by Gasteiger charge is 2.36. The van der Waals surface area contributed by atoms with E-state index in [2.05, 4.69) is 30.5 Å². The summed E-state index contributed by atoms with van der Waals surface area (Å²) in [4.78, 5) is 2.67. The molecule has 2 rings (SSSR count). The van der Waals surface area contributed by atoms with Crippen molar-refractivity contribution in [3.05, 3.63) is 0 Å². The smallest absolute Gasteiger partial charge is 0.0147 e. The van der Waals surface area contributed by atoms with Gasteiger partial charge < -0.3 is 10.6 Å². The molecular weight excluding hydrogens is 228 g/mol. The van der Waals surface area contributed by atoms with Crippen molar-refractivity contribution in [2.45, 2.75) is 44.8 Å². The molecule has 0 aromatic carbocycles. The molecule has 1 heterocycles. The van der Waals surface area contributed by atoms with Crippen molar-refractivity contribution in [1.82, 2.24) is 4.90 Å². The van der Waals surface area contributed by atoms with Crippen LogP contribution in [0.5, 0.6) is 0 Å². The number of nitrogens with zero attached hydrogens (tertiary/aromatic N) is 1. The number of thioether (sulfide) groups is 1. The second-order valence-electron chi connectivity index (χ2n) is 6.32. The molecule has 2 aliphatic rings. The Hall–Kier alpha value is 0.270. The summed E-state index contributed by atoms with van der Waals surface area (Å²) in [6.07, 6.45) is 5.50. The Balaban J connectivity index is 1.93. The first kappa shape index (κ1) is 13.7. The van der Waals surface area contributed by atoms with E-state index in [0.717, 1.165) is 17.7 Å². The minimum absolute atomic E-state index is 0.430. The van der Waals surface area contributed by atoms with Crippen molar-refractivity contribution < 1.29 is 0 Å². The lowest BCUT2D eigenvalue weighted by atomic mass is 9.69. The van der Waals surface area contributed by atoms with E-state index in [1.165, 1.54) is 51.1 Å². The zero-order valence-electron chi connectivity index (χ0n) is 11.5. The zero-order valence-corrected chi connectivity index (χ0v) is 12.3. The maximum atomic E-state index is 6.12. The van der Waals surface area contributed by atoms with Gasteiger partial charge in [-0.05, 0) is 30.7 Å². The Bertz CT molecular complexity index is 246. The summed E-state index contributed by atoms with van der Waals surface area (Å²) < 4.78 is 0. The van der Waals surface area contributed by atoms with Gasteiger partial charge in [0.1, 0.15) is 0 Å². The van der Waals surface area contributed by atoms with Crippen molar-refractivity contribution in [2.24, 2.45) is 17.1 Å². The summed E-state index contributed by atoms with van der Waals surface area (Å²) in [7, 11) is 0. The van der Waals surface area contributed by atoms with Gasteiger partial charge in [-0.25, -0.2) is 0 Å². The Morgan fingerprint density at radius 1 is 1.41 bits per heavy atom. The van der Waals surface area contributed by atoms with Crippen LogP contribution in [0.25, 0.3) is 0 Å². The van der Waals surface area contributed by atoms with E-state index in [1.54, 1.807) is 0 Å². The van der Waals surface area contributed by atoms with E-state index < -0.39 is 0 Å². The minimum Gasteiger partial charge on any atom is -0.330 e. The molecule has 3 heteroatoms. The normalized spacial score (nSPS) is 40.4. The Labute approximate surface area is 111 Å². The van der Waals surface area contributed by atoms with Crippen molar-refractivity contribution >= 4 is 11.8 Å². The summed E-state index contributed by atoms with van der Waals surface area (Å²) in [5.41, 5.74) is 6.55. The molecule has 0 bridgehead atoms. The van der Waals surface area contributed by atoms with Gasteiger partial charge in [0.2, 0.25) is 0 Å². The molecule has 1 saturated carbocycles. The molecule has 0 radical (unpaired) electrons. The maximum Gasteiger partial charge on any atom is 0.0147 e. The third kappa shape index (κ3) is 3.62. The quantitative estimate of drug-likeness (QED) is 0.841. The van der Waals surface area contributed by atoms with Crippen LogP contribution in [0.2, 0.25) is 0 Å².